The van der Waals surface area contributed by atoms with E-state index in [2.05, 4.69) is 5.32 Å². The van der Waals surface area contributed by atoms with Gasteiger partial charge in [0.1, 0.15) is 0 Å². The van der Waals surface area contributed by atoms with Gasteiger partial charge in [-0.2, -0.15) is 0 Å². The number of nitrogens with one attached hydrogen (secondary N) is 1. The fourth-order valence-corrected chi connectivity index (χ4v) is 1.94. The van der Waals surface area contributed by atoms with Crippen molar-refractivity contribution in [1.29, 1.82) is 0 Å². The van der Waals surface area contributed by atoms with Crippen molar-refractivity contribution < 1.29 is 9.59 Å². The molecule has 1 N–H and O–H groups in total. The maximum Gasteiger partial charge on any atom is 0.240 e. The Labute approximate surface area is 121 Å². The van der Waals surface area contributed by atoms with Crippen molar-refractivity contribution in [2.45, 2.75) is 46.7 Å². The molecule has 0 aromatic heterocycles. The highest BCUT2D eigenvalue weighted by atomic mass is 16.2. The van der Waals surface area contributed by atoms with Gasteiger partial charge >= 0.3 is 0 Å². The summed E-state index contributed by atoms with van der Waals surface area (Å²) in [6.07, 6.45) is 0. The summed E-state index contributed by atoms with van der Waals surface area (Å²) < 4.78 is 0. The molecule has 0 atom stereocenters. The number of hydrogen-bond acceptors (Lipinski definition) is 2. The standard InChI is InChI=1S/C16H24N2O2/c1-12-7-6-8-14(9-12)10-18(13(2)19)11-15(20)17-16(3,4)5/h6-9H,10-11H2,1-5H3,(H,17,20). The molecule has 0 spiro atoms. The third-order valence-electron chi connectivity index (χ3n) is 2.75. The molecule has 0 radical (unpaired) electrons. The van der Waals surface area contributed by atoms with Crippen molar-refractivity contribution in [3.05, 3.63) is 35.4 Å². The van der Waals surface area contributed by atoms with Crippen molar-refractivity contribution in [1.82, 2.24) is 10.2 Å². The number of carbonyl (C=O) groups is 2. The van der Waals surface area contributed by atoms with Crippen molar-refractivity contribution >= 4 is 11.8 Å². The molecule has 1 rings (SSSR count). The Kier molecular flexibility index (Phi) is 5.31. The number of aryl methyl sites for hydroxylation is 1. The minimum absolute atomic E-state index is 0.0839. The molecule has 0 aliphatic heterocycles. The molecule has 0 unspecified atom stereocenters. The Morgan fingerprint density at radius 1 is 1.25 bits per heavy atom. The Hall–Kier alpha value is -1.84. The zero-order valence-corrected chi connectivity index (χ0v) is 13.0. The summed E-state index contributed by atoms with van der Waals surface area (Å²) in [6, 6.07) is 7.95. The summed E-state index contributed by atoms with van der Waals surface area (Å²) in [5.41, 5.74) is 1.89. The van der Waals surface area contributed by atoms with Crippen LogP contribution in [0.3, 0.4) is 0 Å². The molecule has 0 aliphatic rings. The second-order valence-electron chi connectivity index (χ2n) is 6.16. The average molecular weight is 276 g/mol. The van der Waals surface area contributed by atoms with E-state index in [1.807, 2.05) is 52.0 Å². The lowest BCUT2D eigenvalue weighted by molar-refractivity contribution is -0.135. The van der Waals surface area contributed by atoms with Crippen LogP contribution in [0.1, 0.15) is 38.8 Å². The Balaban J connectivity index is 2.71. The van der Waals surface area contributed by atoms with E-state index in [1.54, 1.807) is 4.90 Å². The van der Waals surface area contributed by atoms with E-state index in [1.165, 1.54) is 6.92 Å². The predicted octanol–water partition coefficient (Wildman–Crippen LogP) is 2.26. The quantitative estimate of drug-likeness (QED) is 0.917. The summed E-state index contributed by atoms with van der Waals surface area (Å²) in [6.45, 7) is 9.79. The van der Waals surface area contributed by atoms with Gasteiger partial charge in [0, 0.05) is 19.0 Å². The summed E-state index contributed by atoms with van der Waals surface area (Å²) in [4.78, 5) is 25.2. The van der Waals surface area contributed by atoms with Gasteiger partial charge in [-0.1, -0.05) is 29.8 Å². The van der Waals surface area contributed by atoms with Crippen molar-refractivity contribution in [2.75, 3.05) is 6.54 Å². The molecule has 20 heavy (non-hydrogen) atoms. The zero-order chi connectivity index (χ0) is 15.3. The highest BCUT2D eigenvalue weighted by Gasteiger charge is 2.18. The van der Waals surface area contributed by atoms with Crippen LogP contribution >= 0.6 is 0 Å². The Bertz CT molecular complexity index is 489. The first kappa shape index (κ1) is 16.2. The maximum atomic E-state index is 11.9. The van der Waals surface area contributed by atoms with Crippen molar-refractivity contribution in [3.63, 3.8) is 0 Å². The molecule has 4 heteroatoms. The SMILES string of the molecule is CC(=O)N(CC(=O)NC(C)(C)C)Cc1cccc(C)c1. The zero-order valence-electron chi connectivity index (χ0n) is 13.0. The van der Waals surface area contributed by atoms with Gasteiger partial charge < -0.3 is 10.2 Å². The predicted molar refractivity (Wildman–Crippen MR) is 80.2 cm³/mol. The smallest absolute Gasteiger partial charge is 0.240 e. The third-order valence-corrected chi connectivity index (χ3v) is 2.75. The molecule has 0 saturated carbocycles. The summed E-state index contributed by atoms with van der Waals surface area (Å²) in [5.74, 6) is -0.240. The first-order valence-corrected chi connectivity index (χ1v) is 6.79. The maximum absolute atomic E-state index is 11.9. The minimum Gasteiger partial charge on any atom is -0.350 e. The van der Waals surface area contributed by atoms with Gasteiger partial charge in [0.2, 0.25) is 11.8 Å². The van der Waals surface area contributed by atoms with Crippen LogP contribution in [0.5, 0.6) is 0 Å². The fraction of sp³-hybridized carbons (Fsp3) is 0.500. The lowest BCUT2D eigenvalue weighted by Crippen LogP contribution is -2.46. The van der Waals surface area contributed by atoms with E-state index in [4.69, 9.17) is 0 Å². The summed E-state index contributed by atoms with van der Waals surface area (Å²) in [5, 5.41) is 2.87. The van der Waals surface area contributed by atoms with Crippen LogP contribution in [0, 0.1) is 6.92 Å². The molecule has 1 aromatic rings. The number of carbonyl (C=O) groups excluding carboxylic acids is 2. The van der Waals surface area contributed by atoms with E-state index < -0.39 is 0 Å². The van der Waals surface area contributed by atoms with Crippen molar-refractivity contribution in [2.24, 2.45) is 0 Å². The van der Waals surface area contributed by atoms with Gasteiger partial charge in [-0.25, -0.2) is 0 Å². The number of rotatable bonds is 4. The van der Waals surface area contributed by atoms with Gasteiger partial charge in [-0.05, 0) is 33.3 Å². The van der Waals surface area contributed by atoms with Crippen molar-refractivity contribution in [3.8, 4) is 0 Å². The van der Waals surface area contributed by atoms with E-state index in [0.29, 0.717) is 6.54 Å². The number of amides is 2. The topological polar surface area (TPSA) is 49.4 Å². The molecule has 4 nitrogen and oxygen atoms in total. The molecule has 0 heterocycles. The minimum atomic E-state index is -0.289. The van der Waals surface area contributed by atoms with Gasteiger partial charge in [0.05, 0.1) is 6.54 Å². The molecular weight excluding hydrogens is 252 g/mol. The molecule has 1 aromatic carbocycles. The fourth-order valence-electron chi connectivity index (χ4n) is 1.94. The monoisotopic (exact) mass is 276 g/mol. The van der Waals surface area contributed by atoms with Gasteiger partial charge in [0.25, 0.3) is 0 Å². The molecule has 0 saturated heterocycles. The third kappa shape index (κ3) is 5.87. The van der Waals surface area contributed by atoms with Gasteiger partial charge in [0.15, 0.2) is 0 Å². The molecular formula is C16H24N2O2. The van der Waals surface area contributed by atoms with E-state index in [9.17, 15) is 9.59 Å². The molecule has 2 amide bonds. The Morgan fingerprint density at radius 3 is 2.40 bits per heavy atom. The highest BCUT2D eigenvalue weighted by Crippen LogP contribution is 2.08. The van der Waals surface area contributed by atoms with Gasteiger partial charge in [-0.3, -0.25) is 9.59 Å². The van der Waals surface area contributed by atoms with E-state index >= 15 is 0 Å². The highest BCUT2D eigenvalue weighted by molar-refractivity contribution is 5.84. The first-order chi connectivity index (χ1) is 9.17. The summed E-state index contributed by atoms with van der Waals surface area (Å²) in [7, 11) is 0. The van der Waals surface area contributed by atoms with Crippen LogP contribution in [-0.4, -0.2) is 28.8 Å². The largest absolute Gasteiger partial charge is 0.350 e. The van der Waals surface area contributed by atoms with E-state index in [0.717, 1.165) is 11.1 Å². The summed E-state index contributed by atoms with van der Waals surface area (Å²) >= 11 is 0. The number of benzene rings is 1. The average Bonchev–Trinajstić information content (AvgIpc) is 2.25. The second kappa shape index (κ2) is 6.55. The van der Waals surface area contributed by atoms with Crippen LogP contribution in [0.15, 0.2) is 24.3 Å². The lowest BCUT2D eigenvalue weighted by Gasteiger charge is -2.25. The van der Waals surface area contributed by atoms with E-state index in [-0.39, 0.29) is 23.9 Å². The second-order valence-corrected chi connectivity index (χ2v) is 6.16. The Morgan fingerprint density at radius 2 is 1.90 bits per heavy atom. The molecule has 0 aliphatic carbocycles. The van der Waals surface area contributed by atoms with Crippen LogP contribution < -0.4 is 5.32 Å². The van der Waals surface area contributed by atoms with Crippen LogP contribution in [-0.2, 0) is 16.1 Å². The van der Waals surface area contributed by atoms with Crippen LogP contribution in [0.2, 0.25) is 0 Å². The lowest BCUT2D eigenvalue weighted by atomic mass is 10.1. The molecule has 0 fully saturated rings. The molecule has 110 valence electrons. The number of nitrogens with zero attached hydrogens (tertiary/aromatic N) is 1. The van der Waals surface area contributed by atoms with Crippen LogP contribution in [0.4, 0.5) is 0 Å². The van der Waals surface area contributed by atoms with Crippen LogP contribution in [0.25, 0.3) is 0 Å². The number of hydrogen-bond donors (Lipinski definition) is 1. The van der Waals surface area contributed by atoms with Gasteiger partial charge in [-0.15, -0.1) is 0 Å². The first-order valence-electron chi connectivity index (χ1n) is 6.79. The molecule has 0 bridgehead atoms. The normalized spacial score (nSPS) is 11.1.